The number of aliphatic hydroxyl groups is 1. The van der Waals surface area contributed by atoms with E-state index in [0.29, 0.717) is 11.6 Å². The van der Waals surface area contributed by atoms with E-state index in [1.807, 2.05) is 47.0 Å². The summed E-state index contributed by atoms with van der Waals surface area (Å²) in [6, 6.07) is 15.3. The summed E-state index contributed by atoms with van der Waals surface area (Å²) in [7, 11) is 0. The fraction of sp³-hybridized carbons (Fsp3) is 0.143. The number of pyridine rings is 2. The molecule has 3 heterocycles. The SMILES string of the molecule is Nc1ccc(-c2ccc(-c3cn4cc(OCC(O)CF)ccc4n3)cc2)cn1. The van der Waals surface area contributed by atoms with Crippen LogP contribution in [0.2, 0.25) is 0 Å². The Bertz CT molecular complexity index is 1080. The number of hydrogen-bond acceptors (Lipinski definition) is 5. The number of imidazole rings is 1. The number of nitrogen functional groups attached to an aromatic ring is 1. The maximum absolute atomic E-state index is 12.3. The van der Waals surface area contributed by atoms with Crippen LogP contribution in [0.5, 0.6) is 5.75 Å². The summed E-state index contributed by atoms with van der Waals surface area (Å²) in [4.78, 5) is 8.74. The third kappa shape index (κ3) is 3.79. The van der Waals surface area contributed by atoms with Gasteiger partial charge in [0.25, 0.3) is 0 Å². The average molecular weight is 378 g/mol. The van der Waals surface area contributed by atoms with E-state index in [0.717, 1.165) is 28.0 Å². The smallest absolute Gasteiger partial charge is 0.137 e. The lowest BCUT2D eigenvalue weighted by Gasteiger charge is -2.09. The Morgan fingerprint density at radius 2 is 1.75 bits per heavy atom. The molecule has 0 fully saturated rings. The molecule has 0 saturated carbocycles. The van der Waals surface area contributed by atoms with Crippen LogP contribution in [0.4, 0.5) is 10.2 Å². The summed E-state index contributed by atoms with van der Waals surface area (Å²) < 4.78 is 19.6. The Morgan fingerprint density at radius 3 is 2.46 bits per heavy atom. The van der Waals surface area contributed by atoms with E-state index in [4.69, 9.17) is 10.5 Å². The Balaban J connectivity index is 1.56. The molecule has 0 spiro atoms. The van der Waals surface area contributed by atoms with Crippen molar-refractivity contribution < 1.29 is 14.2 Å². The highest BCUT2D eigenvalue weighted by Gasteiger charge is 2.08. The lowest BCUT2D eigenvalue weighted by molar-refractivity contribution is 0.0840. The van der Waals surface area contributed by atoms with E-state index >= 15 is 0 Å². The molecule has 1 atom stereocenters. The number of aromatic nitrogens is 3. The zero-order valence-electron chi connectivity index (χ0n) is 15.0. The number of nitrogens with two attached hydrogens (primary N) is 1. The van der Waals surface area contributed by atoms with Crippen LogP contribution in [0, 0.1) is 0 Å². The Labute approximate surface area is 161 Å². The number of alkyl halides is 1. The Morgan fingerprint density at radius 1 is 1.00 bits per heavy atom. The van der Waals surface area contributed by atoms with Crippen LogP contribution in [-0.4, -0.2) is 38.9 Å². The van der Waals surface area contributed by atoms with Crippen LogP contribution < -0.4 is 10.5 Å². The van der Waals surface area contributed by atoms with Crippen LogP contribution in [0.15, 0.2) is 67.1 Å². The number of halogens is 1. The highest BCUT2D eigenvalue weighted by molar-refractivity contribution is 5.69. The lowest BCUT2D eigenvalue weighted by atomic mass is 10.0. The number of fused-ring (bicyclic) bond motifs is 1. The van der Waals surface area contributed by atoms with E-state index in [1.54, 1.807) is 24.5 Å². The van der Waals surface area contributed by atoms with Crippen LogP contribution >= 0.6 is 0 Å². The summed E-state index contributed by atoms with van der Waals surface area (Å²) in [5.41, 5.74) is 10.2. The molecule has 3 N–H and O–H groups in total. The predicted molar refractivity (Wildman–Crippen MR) is 106 cm³/mol. The first-order chi connectivity index (χ1) is 13.6. The van der Waals surface area contributed by atoms with E-state index in [9.17, 15) is 9.50 Å². The molecule has 4 rings (SSSR count). The van der Waals surface area contributed by atoms with Crippen molar-refractivity contribution in [2.24, 2.45) is 0 Å². The van der Waals surface area contributed by atoms with Gasteiger partial charge in [-0.05, 0) is 29.8 Å². The number of nitrogens with zero attached hydrogens (tertiary/aromatic N) is 3. The van der Waals surface area contributed by atoms with Gasteiger partial charge in [-0.1, -0.05) is 24.3 Å². The fourth-order valence-electron chi connectivity index (χ4n) is 2.84. The molecule has 6 nitrogen and oxygen atoms in total. The van der Waals surface area contributed by atoms with Gasteiger partial charge in [0.05, 0.1) is 11.9 Å². The third-order valence-electron chi connectivity index (χ3n) is 4.34. The quantitative estimate of drug-likeness (QED) is 0.537. The van der Waals surface area contributed by atoms with Crippen LogP contribution in [0.3, 0.4) is 0 Å². The fourth-order valence-corrected chi connectivity index (χ4v) is 2.84. The summed E-state index contributed by atoms with van der Waals surface area (Å²) in [5, 5.41) is 9.27. The van der Waals surface area contributed by atoms with Crippen molar-refractivity contribution in [2.45, 2.75) is 6.10 Å². The topological polar surface area (TPSA) is 85.7 Å². The van der Waals surface area contributed by atoms with E-state index in [2.05, 4.69) is 9.97 Å². The molecular formula is C21H19FN4O2. The minimum atomic E-state index is -1.12. The van der Waals surface area contributed by atoms with Crippen molar-refractivity contribution in [1.29, 1.82) is 0 Å². The molecule has 1 aromatic carbocycles. The summed E-state index contributed by atoms with van der Waals surface area (Å²) in [5.74, 6) is 1.03. The molecule has 1 unspecified atom stereocenters. The normalized spacial score (nSPS) is 12.2. The van der Waals surface area contributed by atoms with Gasteiger partial charge < -0.3 is 20.0 Å². The molecule has 0 aliphatic rings. The molecule has 0 aliphatic heterocycles. The van der Waals surface area contributed by atoms with Crippen molar-refractivity contribution in [3.8, 4) is 28.1 Å². The number of benzene rings is 1. The largest absolute Gasteiger partial charge is 0.489 e. The van der Waals surface area contributed by atoms with Gasteiger partial charge in [-0.25, -0.2) is 14.4 Å². The number of ether oxygens (including phenoxy) is 1. The summed E-state index contributed by atoms with van der Waals surface area (Å²) in [6.07, 6.45) is 4.28. The van der Waals surface area contributed by atoms with Crippen molar-refractivity contribution in [1.82, 2.24) is 14.4 Å². The van der Waals surface area contributed by atoms with Gasteiger partial charge in [-0.15, -0.1) is 0 Å². The van der Waals surface area contributed by atoms with Gasteiger partial charge in [-0.2, -0.15) is 0 Å². The minimum absolute atomic E-state index is 0.0922. The third-order valence-corrected chi connectivity index (χ3v) is 4.34. The monoisotopic (exact) mass is 378 g/mol. The zero-order valence-corrected chi connectivity index (χ0v) is 15.0. The first-order valence-electron chi connectivity index (χ1n) is 8.80. The summed E-state index contributed by atoms with van der Waals surface area (Å²) in [6.45, 7) is -0.926. The molecule has 0 radical (unpaired) electrons. The van der Waals surface area contributed by atoms with Crippen LogP contribution in [0.25, 0.3) is 28.0 Å². The van der Waals surface area contributed by atoms with Gasteiger partial charge in [0.2, 0.25) is 0 Å². The second kappa shape index (κ2) is 7.66. The first kappa shape index (κ1) is 17.9. The molecule has 7 heteroatoms. The van der Waals surface area contributed by atoms with Gasteiger partial charge in [0.15, 0.2) is 0 Å². The van der Waals surface area contributed by atoms with E-state index in [1.165, 1.54) is 0 Å². The van der Waals surface area contributed by atoms with Gasteiger partial charge in [0.1, 0.15) is 36.6 Å². The van der Waals surface area contributed by atoms with E-state index < -0.39 is 12.8 Å². The molecule has 0 bridgehead atoms. The molecule has 0 aliphatic carbocycles. The molecule has 3 aromatic heterocycles. The van der Waals surface area contributed by atoms with E-state index in [-0.39, 0.29) is 6.61 Å². The average Bonchev–Trinajstić information content (AvgIpc) is 3.16. The van der Waals surface area contributed by atoms with Gasteiger partial charge >= 0.3 is 0 Å². The molecule has 0 amide bonds. The summed E-state index contributed by atoms with van der Waals surface area (Å²) >= 11 is 0. The maximum Gasteiger partial charge on any atom is 0.137 e. The number of aliphatic hydroxyl groups excluding tert-OH is 1. The lowest BCUT2D eigenvalue weighted by Crippen LogP contribution is -2.19. The number of hydrogen-bond donors (Lipinski definition) is 2. The maximum atomic E-state index is 12.3. The number of anilines is 1. The highest BCUT2D eigenvalue weighted by atomic mass is 19.1. The van der Waals surface area contributed by atoms with Crippen molar-refractivity contribution in [2.75, 3.05) is 19.0 Å². The molecule has 0 saturated heterocycles. The molecular weight excluding hydrogens is 359 g/mol. The standard InChI is InChI=1S/C21H19FN4O2/c22-9-17(27)13-28-18-6-8-21-25-19(12-26(21)11-18)15-3-1-14(2-4-15)16-5-7-20(23)24-10-16/h1-8,10-12,17,27H,9,13H2,(H2,23,24). The van der Waals surface area contributed by atoms with Crippen molar-refractivity contribution in [3.63, 3.8) is 0 Å². The van der Waals surface area contributed by atoms with Gasteiger partial charge in [-0.3, -0.25) is 0 Å². The predicted octanol–water partition coefficient (Wildman–Crippen LogP) is 3.35. The van der Waals surface area contributed by atoms with Gasteiger partial charge in [0, 0.05) is 23.5 Å². The molecule has 4 aromatic rings. The molecule has 28 heavy (non-hydrogen) atoms. The second-order valence-electron chi connectivity index (χ2n) is 6.42. The Hall–Kier alpha value is -3.45. The first-order valence-corrected chi connectivity index (χ1v) is 8.80. The van der Waals surface area contributed by atoms with Crippen LogP contribution in [0.1, 0.15) is 0 Å². The van der Waals surface area contributed by atoms with Crippen molar-refractivity contribution in [3.05, 3.63) is 67.1 Å². The molecule has 142 valence electrons. The minimum Gasteiger partial charge on any atom is -0.489 e. The zero-order chi connectivity index (χ0) is 19.5. The number of rotatable bonds is 6. The highest BCUT2D eigenvalue weighted by Crippen LogP contribution is 2.25. The second-order valence-corrected chi connectivity index (χ2v) is 6.42. The Kier molecular flexibility index (Phi) is 4.90. The van der Waals surface area contributed by atoms with Crippen molar-refractivity contribution >= 4 is 11.5 Å². The van der Waals surface area contributed by atoms with Crippen LogP contribution in [-0.2, 0) is 0 Å².